The number of benzene rings is 1. The number of amides is 1. The van der Waals surface area contributed by atoms with Gasteiger partial charge in [0.1, 0.15) is 6.54 Å². The maximum absolute atomic E-state index is 12.5. The summed E-state index contributed by atoms with van der Waals surface area (Å²) in [6, 6.07) is 7.26. The van der Waals surface area contributed by atoms with Crippen molar-refractivity contribution in [2.45, 2.75) is 25.1 Å². The van der Waals surface area contributed by atoms with Gasteiger partial charge in [-0.1, -0.05) is 6.07 Å². The zero-order valence-corrected chi connectivity index (χ0v) is 9.94. The molecule has 0 unspecified atom stereocenters. The summed E-state index contributed by atoms with van der Waals surface area (Å²) in [5.41, 5.74) is 0.379. The van der Waals surface area contributed by atoms with Crippen molar-refractivity contribution in [1.29, 1.82) is 5.26 Å². The average Bonchev–Trinajstić information content (AvgIpc) is 3.18. The smallest absolute Gasteiger partial charge is 0.327 e. The van der Waals surface area contributed by atoms with Crippen LogP contribution in [-0.2, 0) is 0 Å². The lowest BCUT2D eigenvalue weighted by Gasteiger charge is -2.23. The zero-order chi connectivity index (χ0) is 14.0. The molecule has 100 valence electrons. The van der Waals surface area contributed by atoms with Crippen LogP contribution in [0.5, 0.6) is 0 Å². The van der Waals surface area contributed by atoms with E-state index in [0.717, 1.165) is 4.90 Å². The van der Waals surface area contributed by atoms with Crippen LogP contribution < -0.4 is 0 Å². The predicted molar refractivity (Wildman–Crippen MR) is 61.3 cm³/mol. The summed E-state index contributed by atoms with van der Waals surface area (Å²) in [5, 5.41) is 8.74. The van der Waals surface area contributed by atoms with Gasteiger partial charge in [-0.3, -0.25) is 4.79 Å². The zero-order valence-electron chi connectivity index (χ0n) is 9.94. The number of hydrogen-bond acceptors (Lipinski definition) is 2. The Labute approximate surface area is 108 Å². The molecule has 1 amide bonds. The molecule has 0 heterocycles. The normalized spacial score (nSPS) is 14.8. The fourth-order valence-electron chi connectivity index (χ4n) is 1.83. The lowest BCUT2D eigenvalue weighted by molar-refractivity contribution is -0.141. The molecule has 3 nitrogen and oxygen atoms in total. The van der Waals surface area contributed by atoms with Crippen molar-refractivity contribution >= 4 is 5.91 Å². The Hall–Kier alpha value is -2.03. The molecule has 1 saturated carbocycles. The van der Waals surface area contributed by atoms with E-state index in [1.807, 2.05) is 6.07 Å². The minimum atomic E-state index is -4.41. The number of alkyl halides is 3. The second-order valence-corrected chi connectivity index (χ2v) is 4.47. The second-order valence-electron chi connectivity index (χ2n) is 4.47. The standard InChI is InChI=1S/C13H11F3N2O/c14-13(15,16)8-18(11-4-5-11)12(19)10-3-1-2-9(6-10)7-17/h1-3,6,11H,4-5,8H2. The summed E-state index contributed by atoms with van der Waals surface area (Å²) in [7, 11) is 0. The molecule has 1 aromatic rings. The molecule has 1 aromatic carbocycles. The lowest BCUT2D eigenvalue weighted by atomic mass is 10.1. The van der Waals surface area contributed by atoms with Crippen molar-refractivity contribution in [1.82, 2.24) is 4.90 Å². The Morgan fingerprint density at radius 3 is 2.63 bits per heavy atom. The van der Waals surface area contributed by atoms with Gasteiger partial charge < -0.3 is 4.90 Å². The molecule has 0 aromatic heterocycles. The first kappa shape index (κ1) is 13.4. The van der Waals surface area contributed by atoms with Crippen molar-refractivity contribution in [2.75, 3.05) is 6.54 Å². The minimum absolute atomic E-state index is 0.121. The third kappa shape index (κ3) is 3.47. The van der Waals surface area contributed by atoms with Crippen molar-refractivity contribution in [2.24, 2.45) is 0 Å². The van der Waals surface area contributed by atoms with Crippen molar-refractivity contribution in [3.63, 3.8) is 0 Å². The van der Waals surface area contributed by atoms with Crippen LogP contribution in [0.3, 0.4) is 0 Å². The highest BCUT2D eigenvalue weighted by atomic mass is 19.4. The summed E-state index contributed by atoms with van der Waals surface area (Å²) in [5.74, 6) is -0.670. The fourth-order valence-corrected chi connectivity index (χ4v) is 1.83. The van der Waals surface area contributed by atoms with E-state index < -0.39 is 18.6 Å². The predicted octanol–water partition coefficient (Wildman–Crippen LogP) is 2.73. The Balaban J connectivity index is 2.22. The molecule has 0 N–H and O–H groups in total. The monoisotopic (exact) mass is 268 g/mol. The highest BCUT2D eigenvalue weighted by Crippen LogP contribution is 2.31. The number of halogens is 3. The van der Waals surface area contributed by atoms with Gasteiger partial charge in [0.05, 0.1) is 11.6 Å². The Bertz CT molecular complexity index is 529. The van der Waals surface area contributed by atoms with E-state index in [1.54, 1.807) is 0 Å². The molecule has 0 saturated heterocycles. The van der Waals surface area contributed by atoms with E-state index in [1.165, 1.54) is 24.3 Å². The van der Waals surface area contributed by atoms with Crippen LogP contribution in [0.1, 0.15) is 28.8 Å². The average molecular weight is 268 g/mol. The van der Waals surface area contributed by atoms with Gasteiger partial charge in [-0.15, -0.1) is 0 Å². The van der Waals surface area contributed by atoms with Crippen molar-refractivity contribution in [3.05, 3.63) is 35.4 Å². The quantitative estimate of drug-likeness (QED) is 0.846. The second kappa shape index (κ2) is 4.92. The van der Waals surface area contributed by atoms with Crippen LogP contribution in [0.15, 0.2) is 24.3 Å². The van der Waals surface area contributed by atoms with Gasteiger partial charge in [0.25, 0.3) is 5.91 Å². The summed E-state index contributed by atoms with van der Waals surface area (Å²) in [6.45, 7) is -1.24. The molecular formula is C13H11F3N2O. The van der Waals surface area contributed by atoms with Crippen LogP contribution in [0.2, 0.25) is 0 Å². The van der Waals surface area contributed by atoms with Gasteiger partial charge in [-0.05, 0) is 31.0 Å². The molecule has 0 aliphatic heterocycles. The Morgan fingerprint density at radius 2 is 2.11 bits per heavy atom. The van der Waals surface area contributed by atoms with Crippen LogP contribution in [-0.4, -0.2) is 29.6 Å². The third-order valence-corrected chi connectivity index (χ3v) is 2.84. The highest BCUT2D eigenvalue weighted by Gasteiger charge is 2.40. The maximum atomic E-state index is 12.5. The molecule has 19 heavy (non-hydrogen) atoms. The summed E-state index contributed by atoms with van der Waals surface area (Å²) in [6.07, 6.45) is -3.22. The number of nitrogens with zero attached hydrogens (tertiary/aromatic N) is 2. The molecule has 1 aliphatic carbocycles. The van der Waals surface area contributed by atoms with E-state index in [9.17, 15) is 18.0 Å². The molecule has 2 rings (SSSR count). The number of nitriles is 1. The molecule has 6 heteroatoms. The third-order valence-electron chi connectivity index (χ3n) is 2.84. The van der Waals surface area contributed by atoms with Gasteiger partial charge in [0.15, 0.2) is 0 Å². The van der Waals surface area contributed by atoms with E-state index in [-0.39, 0.29) is 17.2 Å². The number of carbonyl (C=O) groups is 1. The molecule has 0 atom stereocenters. The van der Waals surface area contributed by atoms with Crippen molar-refractivity contribution in [3.8, 4) is 6.07 Å². The minimum Gasteiger partial charge on any atom is -0.327 e. The first-order valence-corrected chi connectivity index (χ1v) is 5.78. The molecule has 1 fully saturated rings. The van der Waals surface area contributed by atoms with Gasteiger partial charge >= 0.3 is 6.18 Å². The SMILES string of the molecule is N#Cc1cccc(C(=O)N(CC(F)(F)F)C2CC2)c1. The number of rotatable bonds is 3. The number of hydrogen-bond donors (Lipinski definition) is 0. The first-order valence-electron chi connectivity index (χ1n) is 5.78. The van der Waals surface area contributed by atoms with Crippen LogP contribution in [0.25, 0.3) is 0 Å². The largest absolute Gasteiger partial charge is 0.406 e. The Kier molecular flexibility index (Phi) is 3.47. The van der Waals surface area contributed by atoms with Crippen LogP contribution >= 0.6 is 0 Å². The molecule has 1 aliphatic rings. The molecule has 0 bridgehead atoms. The summed E-state index contributed by atoms with van der Waals surface area (Å²) in [4.78, 5) is 12.9. The molecule has 0 radical (unpaired) electrons. The van der Waals surface area contributed by atoms with E-state index in [0.29, 0.717) is 12.8 Å². The highest BCUT2D eigenvalue weighted by molar-refractivity contribution is 5.95. The van der Waals surface area contributed by atoms with Gasteiger partial charge in [-0.25, -0.2) is 0 Å². The first-order chi connectivity index (χ1) is 8.90. The lowest BCUT2D eigenvalue weighted by Crippen LogP contribution is -2.40. The van der Waals surface area contributed by atoms with Crippen molar-refractivity contribution < 1.29 is 18.0 Å². The van der Waals surface area contributed by atoms with E-state index >= 15 is 0 Å². The topological polar surface area (TPSA) is 44.1 Å². The van der Waals surface area contributed by atoms with E-state index in [2.05, 4.69) is 0 Å². The van der Waals surface area contributed by atoms with Crippen LogP contribution in [0.4, 0.5) is 13.2 Å². The van der Waals surface area contributed by atoms with Gasteiger partial charge in [0, 0.05) is 11.6 Å². The maximum Gasteiger partial charge on any atom is 0.406 e. The summed E-state index contributed by atoms with van der Waals surface area (Å²) < 4.78 is 37.4. The van der Waals surface area contributed by atoms with E-state index in [4.69, 9.17) is 5.26 Å². The fraction of sp³-hybridized carbons (Fsp3) is 0.385. The molecular weight excluding hydrogens is 257 g/mol. The van der Waals surface area contributed by atoms with Gasteiger partial charge in [0.2, 0.25) is 0 Å². The molecule has 0 spiro atoms. The summed E-state index contributed by atoms with van der Waals surface area (Å²) >= 11 is 0. The van der Waals surface area contributed by atoms with Gasteiger partial charge in [-0.2, -0.15) is 18.4 Å². The number of carbonyl (C=O) groups excluding carboxylic acids is 1. The van der Waals surface area contributed by atoms with Crippen LogP contribution in [0, 0.1) is 11.3 Å². The Morgan fingerprint density at radius 1 is 1.42 bits per heavy atom.